The number of carbonyl (C=O) groups is 1. The Kier molecular flexibility index (Phi) is 15.2. The average Bonchev–Trinajstić information content (AvgIpc) is 3.63. The van der Waals surface area contributed by atoms with Gasteiger partial charge in [-0.05, 0) is 25.1 Å². The molecule has 10 heteroatoms. The number of anilines is 1. The Morgan fingerprint density at radius 3 is 2.13 bits per heavy atom. The smallest absolute Gasteiger partial charge is 0.256 e. The first kappa shape index (κ1) is 34.9. The Morgan fingerprint density at radius 1 is 0.889 bits per heavy atom. The highest BCUT2D eigenvalue weighted by atomic mass is 16.6. The van der Waals surface area contributed by atoms with Gasteiger partial charge >= 0.3 is 0 Å². The molecular weight excluding hydrogens is 568 g/mol. The van der Waals surface area contributed by atoms with Crippen molar-refractivity contribution in [1.82, 2.24) is 24.8 Å². The van der Waals surface area contributed by atoms with Crippen LogP contribution in [0.1, 0.15) is 120 Å². The minimum absolute atomic E-state index is 0.285. The molecule has 0 aliphatic carbocycles. The van der Waals surface area contributed by atoms with Crippen molar-refractivity contribution >= 4 is 22.9 Å². The summed E-state index contributed by atoms with van der Waals surface area (Å²) in [5.41, 5.74) is 1.44. The lowest BCUT2D eigenvalue weighted by atomic mass is 10.0. The van der Waals surface area contributed by atoms with E-state index in [-0.39, 0.29) is 5.91 Å². The zero-order valence-corrected chi connectivity index (χ0v) is 27.3. The number of hydrogen-bond acceptors (Lipinski definition) is 8. The number of methoxy groups -OCH3 is 1. The number of imidazole rings is 1. The van der Waals surface area contributed by atoms with Crippen LogP contribution in [0.4, 0.5) is 5.82 Å². The van der Waals surface area contributed by atoms with Gasteiger partial charge in [-0.3, -0.25) is 9.36 Å². The van der Waals surface area contributed by atoms with E-state index in [1.54, 1.807) is 42.3 Å². The summed E-state index contributed by atoms with van der Waals surface area (Å²) in [6.45, 7) is 3.69. The zero-order chi connectivity index (χ0) is 31.7. The molecule has 2 aromatic heterocycles. The van der Waals surface area contributed by atoms with Crippen molar-refractivity contribution in [3.8, 4) is 0 Å². The van der Waals surface area contributed by atoms with Crippen LogP contribution in [0.5, 0.6) is 0 Å². The van der Waals surface area contributed by atoms with Gasteiger partial charge in [0, 0.05) is 19.2 Å². The standard InChI is InChI=1S/C35H54N6O4/c1-3-4-5-6-7-8-9-10-11-12-13-14-15-16-20-23-36-24-28-30(42)31(44-2)35(45-28)41-26-39-29-32(37-25-38-33(29)41)40-34(43)27-21-18-17-19-22-27/h17-19,21-22,25-26,28,30-31,35-36,42H,3-16,20,23-24H2,1-2H3,(H,37,38,40,43)/t28-,30-,31-,35-/m1/s1. The van der Waals surface area contributed by atoms with Gasteiger partial charge in [-0.25, -0.2) is 15.0 Å². The van der Waals surface area contributed by atoms with Crippen molar-refractivity contribution in [3.63, 3.8) is 0 Å². The van der Waals surface area contributed by atoms with Crippen LogP contribution in [0.15, 0.2) is 43.0 Å². The monoisotopic (exact) mass is 622 g/mol. The topological polar surface area (TPSA) is 123 Å². The second-order valence-electron chi connectivity index (χ2n) is 12.3. The normalized spacial score (nSPS) is 19.8. The summed E-state index contributed by atoms with van der Waals surface area (Å²) < 4.78 is 13.7. The number of nitrogens with one attached hydrogen (secondary N) is 2. The molecule has 3 heterocycles. The van der Waals surface area contributed by atoms with Crippen molar-refractivity contribution in [3.05, 3.63) is 48.5 Å². The van der Waals surface area contributed by atoms with E-state index in [0.717, 1.165) is 13.0 Å². The molecule has 1 saturated heterocycles. The van der Waals surface area contributed by atoms with Crippen molar-refractivity contribution in [1.29, 1.82) is 0 Å². The maximum Gasteiger partial charge on any atom is 0.256 e. The summed E-state index contributed by atoms with van der Waals surface area (Å²) >= 11 is 0. The number of aromatic nitrogens is 4. The van der Waals surface area contributed by atoms with Crippen LogP contribution in [0.2, 0.25) is 0 Å². The van der Waals surface area contributed by atoms with Crippen LogP contribution < -0.4 is 10.6 Å². The van der Waals surface area contributed by atoms with Gasteiger partial charge in [0.1, 0.15) is 24.6 Å². The molecule has 0 spiro atoms. The van der Waals surface area contributed by atoms with Gasteiger partial charge in [-0.1, -0.05) is 115 Å². The quantitative estimate of drug-likeness (QED) is 0.104. The molecule has 0 saturated carbocycles. The van der Waals surface area contributed by atoms with E-state index in [2.05, 4.69) is 32.5 Å². The number of nitrogens with zero attached hydrogens (tertiary/aromatic N) is 4. The van der Waals surface area contributed by atoms with E-state index in [0.29, 0.717) is 29.1 Å². The third kappa shape index (κ3) is 10.6. The lowest BCUT2D eigenvalue weighted by Crippen LogP contribution is -2.38. The van der Waals surface area contributed by atoms with Crippen molar-refractivity contribution in [2.75, 3.05) is 25.5 Å². The average molecular weight is 623 g/mol. The lowest BCUT2D eigenvalue weighted by molar-refractivity contribution is -0.0490. The molecule has 3 aromatic rings. The summed E-state index contributed by atoms with van der Waals surface area (Å²) in [7, 11) is 1.56. The van der Waals surface area contributed by atoms with Gasteiger partial charge < -0.3 is 25.2 Å². The number of unbranched alkanes of at least 4 members (excludes halogenated alkanes) is 14. The predicted octanol–water partition coefficient (Wildman–Crippen LogP) is 6.81. The molecule has 0 unspecified atom stereocenters. The van der Waals surface area contributed by atoms with Gasteiger partial charge in [0.2, 0.25) is 0 Å². The number of ether oxygens (including phenoxy) is 2. The van der Waals surface area contributed by atoms with Gasteiger partial charge in [0.05, 0.1) is 6.33 Å². The molecule has 10 nitrogen and oxygen atoms in total. The number of aliphatic hydroxyl groups excluding tert-OH is 1. The second-order valence-corrected chi connectivity index (χ2v) is 12.3. The molecule has 0 radical (unpaired) electrons. The Balaban J connectivity index is 1.13. The van der Waals surface area contributed by atoms with E-state index in [1.807, 2.05) is 6.07 Å². The molecular formula is C35H54N6O4. The lowest BCUT2D eigenvalue weighted by Gasteiger charge is -2.19. The molecule has 45 heavy (non-hydrogen) atoms. The van der Waals surface area contributed by atoms with Gasteiger partial charge in [-0.2, -0.15) is 0 Å². The number of benzene rings is 1. The van der Waals surface area contributed by atoms with Crippen LogP contribution in [-0.2, 0) is 9.47 Å². The minimum atomic E-state index is -0.815. The zero-order valence-electron chi connectivity index (χ0n) is 27.3. The highest BCUT2D eigenvalue weighted by Gasteiger charge is 2.45. The highest BCUT2D eigenvalue weighted by molar-refractivity contribution is 6.06. The number of rotatable bonds is 22. The molecule has 3 N–H and O–H groups in total. The van der Waals surface area contributed by atoms with E-state index in [4.69, 9.17) is 9.47 Å². The van der Waals surface area contributed by atoms with Gasteiger partial charge in [0.25, 0.3) is 5.91 Å². The number of hydrogen-bond donors (Lipinski definition) is 3. The second kappa shape index (κ2) is 19.6. The predicted molar refractivity (Wildman–Crippen MR) is 178 cm³/mol. The van der Waals surface area contributed by atoms with Crippen LogP contribution in [-0.4, -0.2) is 69.0 Å². The fourth-order valence-electron chi connectivity index (χ4n) is 6.13. The first-order chi connectivity index (χ1) is 22.1. The highest BCUT2D eigenvalue weighted by Crippen LogP contribution is 2.34. The maximum atomic E-state index is 12.7. The van der Waals surface area contributed by atoms with Crippen molar-refractivity contribution in [2.45, 2.75) is 128 Å². The molecule has 1 amide bonds. The Hall–Kier alpha value is -2.92. The van der Waals surface area contributed by atoms with E-state index in [9.17, 15) is 9.90 Å². The first-order valence-corrected chi connectivity index (χ1v) is 17.2. The molecule has 4 atom stereocenters. The van der Waals surface area contributed by atoms with E-state index in [1.165, 1.54) is 96.2 Å². The molecule has 1 aromatic carbocycles. The van der Waals surface area contributed by atoms with Crippen LogP contribution in [0.25, 0.3) is 11.2 Å². The summed E-state index contributed by atoms with van der Waals surface area (Å²) in [6, 6.07) is 8.93. The fourth-order valence-corrected chi connectivity index (χ4v) is 6.13. The fraction of sp³-hybridized carbons (Fsp3) is 0.657. The van der Waals surface area contributed by atoms with Crippen LogP contribution in [0, 0.1) is 0 Å². The summed E-state index contributed by atoms with van der Waals surface area (Å²) in [5, 5.41) is 17.3. The SMILES string of the molecule is CCCCCCCCCCCCCCCCCNC[C@H]1O[C@@H](n2cnc3c(NC(=O)c4ccccc4)ncnc32)[C@H](OC)[C@@H]1O. The number of aliphatic hydroxyl groups is 1. The Morgan fingerprint density at radius 2 is 1.51 bits per heavy atom. The molecule has 4 rings (SSSR count). The first-order valence-electron chi connectivity index (χ1n) is 17.2. The summed E-state index contributed by atoms with van der Waals surface area (Å²) in [4.78, 5) is 25.8. The molecule has 1 aliphatic heterocycles. The third-order valence-electron chi connectivity index (χ3n) is 8.79. The van der Waals surface area contributed by atoms with E-state index < -0.39 is 24.5 Å². The van der Waals surface area contributed by atoms with Crippen molar-refractivity contribution < 1.29 is 19.4 Å². The Labute approximate surface area is 268 Å². The largest absolute Gasteiger partial charge is 0.387 e. The number of amides is 1. The summed E-state index contributed by atoms with van der Waals surface area (Å²) in [6.07, 6.45) is 20.7. The summed E-state index contributed by atoms with van der Waals surface area (Å²) in [5.74, 6) is 0.0227. The van der Waals surface area contributed by atoms with Crippen molar-refractivity contribution in [2.24, 2.45) is 0 Å². The third-order valence-corrected chi connectivity index (χ3v) is 8.79. The van der Waals surface area contributed by atoms with E-state index >= 15 is 0 Å². The van der Waals surface area contributed by atoms with Gasteiger partial charge in [-0.15, -0.1) is 0 Å². The Bertz CT molecular complexity index is 1260. The molecule has 1 fully saturated rings. The number of carbonyl (C=O) groups excluding carboxylic acids is 1. The minimum Gasteiger partial charge on any atom is -0.387 e. The maximum absolute atomic E-state index is 12.7. The molecule has 248 valence electrons. The molecule has 0 bridgehead atoms. The van der Waals surface area contributed by atoms with Crippen LogP contribution in [0.3, 0.4) is 0 Å². The number of fused-ring (bicyclic) bond motifs is 1. The molecule has 1 aliphatic rings. The van der Waals surface area contributed by atoms with Crippen LogP contribution >= 0.6 is 0 Å². The van der Waals surface area contributed by atoms with Gasteiger partial charge in [0.15, 0.2) is 23.2 Å².